The standard InChI is InChI=1S/C20H17Cl2N3O5S/c21-11-2-4-15-14(7-11)19(25-16-8-12(22)1-3-13(16)20(26)27)17(9-24-15)31(28,29)18-10-23-5-6-30-18/h1-4,7-9,18,23H,5-6,10H2,(H,24,25)(H,26,27). The van der Waals surface area contributed by atoms with Gasteiger partial charge in [-0.25, -0.2) is 13.2 Å². The SMILES string of the molecule is O=C(O)c1ccc(Cl)cc1Nc1c(S(=O)(=O)C2CNCCO2)cnc2ccc(Cl)cc12. The smallest absolute Gasteiger partial charge is 0.337 e. The van der Waals surface area contributed by atoms with Crippen LogP contribution in [-0.4, -0.2) is 49.6 Å². The van der Waals surface area contributed by atoms with Crippen LogP contribution in [0.5, 0.6) is 0 Å². The summed E-state index contributed by atoms with van der Waals surface area (Å²) in [6, 6.07) is 9.04. The summed E-state index contributed by atoms with van der Waals surface area (Å²) in [6.45, 7) is 0.914. The van der Waals surface area contributed by atoms with Gasteiger partial charge in [0, 0.05) is 34.7 Å². The number of anilines is 2. The molecule has 1 fully saturated rings. The van der Waals surface area contributed by atoms with Crippen molar-refractivity contribution in [2.24, 2.45) is 0 Å². The summed E-state index contributed by atoms with van der Waals surface area (Å²) in [7, 11) is -3.99. The number of carbonyl (C=O) groups is 1. The van der Waals surface area contributed by atoms with Gasteiger partial charge in [0.2, 0.25) is 9.84 Å². The van der Waals surface area contributed by atoms with Gasteiger partial charge in [-0.2, -0.15) is 0 Å². The molecule has 4 rings (SSSR count). The fourth-order valence-corrected chi connectivity index (χ4v) is 5.20. The molecule has 11 heteroatoms. The van der Waals surface area contributed by atoms with E-state index in [1.165, 1.54) is 24.4 Å². The van der Waals surface area contributed by atoms with E-state index in [1.54, 1.807) is 18.2 Å². The van der Waals surface area contributed by atoms with E-state index in [0.29, 0.717) is 22.5 Å². The summed E-state index contributed by atoms with van der Waals surface area (Å²) in [5.41, 5.74) is -0.431. The Labute approximate surface area is 188 Å². The summed E-state index contributed by atoms with van der Waals surface area (Å²) in [5, 5.41) is 16.6. The molecule has 3 N–H and O–H groups in total. The van der Waals surface area contributed by atoms with Gasteiger partial charge in [0.15, 0.2) is 5.44 Å². The van der Waals surface area contributed by atoms with E-state index in [2.05, 4.69) is 15.6 Å². The highest BCUT2D eigenvalue weighted by Gasteiger charge is 2.33. The number of carboxylic acid groups (broad SMARTS) is 1. The molecule has 8 nitrogen and oxygen atoms in total. The van der Waals surface area contributed by atoms with Gasteiger partial charge in [-0.05, 0) is 36.4 Å². The van der Waals surface area contributed by atoms with Crippen LogP contribution in [0.1, 0.15) is 10.4 Å². The molecule has 1 unspecified atom stereocenters. The van der Waals surface area contributed by atoms with Crippen molar-refractivity contribution >= 4 is 61.3 Å². The first kappa shape index (κ1) is 21.8. The Morgan fingerprint density at radius 1 is 1.19 bits per heavy atom. The maximum absolute atomic E-state index is 13.4. The van der Waals surface area contributed by atoms with E-state index in [4.69, 9.17) is 27.9 Å². The molecule has 0 bridgehead atoms. The number of aromatic carboxylic acids is 1. The number of morpholine rings is 1. The van der Waals surface area contributed by atoms with Crippen molar-refractivity contribution in [2.75, 3.05) is 25.0 Å². The number of hydrogen-bond acceptors (Lipinski definition) is 7. The molecule has 0 radical (unpaired) electrons. The molecular weight excluding hydrogens is 465 g/mol. The van der Waals surface area contributed by atoms with Crippen molar-refractivity contribution in [3.63, 3.8) is 0 Å². The molecular formula is C20H17Cl2N3O5S. The number of pyridine rings is 1. The number of benzene rings is 2. The fraction of sp³-hybridized carbons (Fsp3) is 0.200. The average Bonchev–Trinajstić information content (AvgIpc) is 2.74. The van der Waals surface area contributed by atoms with Crippen molar-refractivity contribution < 1.29 is 23.1 Å². The Kier molecular flexibility index (Phi) is 6.05. The minimum atomic E-state index is -3.99. The van der Waals surface area contributed by atoms with E-state index in [9.17, 15) is 18.3 Å². The quantitative estimate of drug-likeness (QED) is 0.504. The topological polar surface area (TPSA) is 118 Å². The Morgan fingerprint density at radius 2 is 1.94 bits per heavy atom. The second-order valence-corrected chi connectivity index (χ2v) is 9.76. The van der Waals surface area contributed by atoms with Crippen LogP contribution in [0.4, 0.5) is 11.4 Å². The predicted octanol–water partition coefficient (Wildman–Crippen LogP) is 3.70. The van der Waals surface area contributed by atoms with Crippen molar-refractivity contribution in [1.82, 2.24) is 10.3 Å². The van der Waals surface area contributed by atoms with Crippen LogP contribution < -0.4 is 10.6 Å². The monoisotopic (exact) mass is 481 g/mol. The minimum absolute atomic E-state index is 0.0738. The normalized spacial score (nSPS) is 16.9. The van der Waals surface area contributed by atoms with Crippen molar-refractivity contribution in [3.8, 4) is 0 Å². The second kappa shape index (κ2) is 8.60. The van der Waals surface area contributed by atoms with Gasteiger partial charge >= 0.3 is 5.97 Å². The number of hydrogen-bond donors (Lipinski definition) is 3. The number of ether oxygens (including phenoxy) is 1. The average molecular weight is 482 g/mol. The Bertz CT molecular complexity index is 1280. The molecule has 0 aliphatic carbocycles. The summed E-state index contributed by atoms with van der Waals surface area (Å²) >= 11 is 12.2. The Hall–Kier alpha value is -2.43. The van der Waals surface area contributed by atoms with Crippen molar-refractivity contribution in [2.45, 2.75) is 10.3 Å². The molecule has 1 aliphatic rings. The number of sulfone groups is 1. The highest BCUT2D eigenvalue weighted by Crippen LogP contribution is 2.36. The maximum Gasteiger partial charge on any atom is 0.337 e. The van der Waals surface area contributed by atoms with Crippen LogP contribution in [0.2, 0.25) is 10.0 Å². The van der Waals surface area contributed by atoms with E-state index in [-0.39, 0.29) is 40.0 Å². The molecule has 0 amide bonds. The summed E-state index contributed by atoms with van der Waals surface area (Å²) in [4.78, 5) is 15.8. The fourth-order valence-electron chi connectivity index (χ4n) is 3.31. The van der Waals surface area contributed by atoms with E-state index in [0.717, 1.165) is 0 Å². The Morgan fingerprint density at radius 3 is 2.65 bits per heavy atom. The molecule has 162 valence electrons. The van der Waals surface area contributed by atoms with Crippen LogP contribution in [0.25, 0.3) is 10.9 Å². The number of fused-ring (bicyclic) bond motifs is 1. The summed E-state index contributed by atoms with van der Waals surface area (Å²) < 4.78 is 32.3. The number of rotatable bonds is 5. The van der Waals surface area contributed by atoms with E-state index in [1.807, 2.05) is 0 Å². The van der Waals surface area contributed by atoms with Gasteiger partial charge in [-0.1, -0.05) is 23.2 Å². The van der Waals surface area contributed by atoms with Crippen molar-refractivity contribution in [1.29, 1.82) is 0 Å². The van der Waals surface area contributed by atoms with Gasteiger partial charge in [-0.15, -0.1) is 0 Å². The zero-order valence-electron chi connectivity index (χ0n) is 15.9. The number of carboxylic acids is 1. The molecule has 1 atom stereocenters. The molecule has 0 saturated carbocycles. The molecule has 1 aromatic heterocycles. The molecule has 2 aromatic carbocycles. The number of halogens is 2. The third-order valence-electron chi connectivity index (χ3n) is 4.81. The molecule has 2 heterocycles. The first-order chi connectivity index (χ1) is 14.8. The van der Waals surface area contributed by atoms with E-state index < -0.39 is 21.2 Å². The number of aromatic nitrogens is 1. The molecule has 31 heavy (non-hydrogen) atoms. The highest BCUT2D eigenvalue weighted by atomic mass is 35.5. The van der Waals surface area contributed by atoms with Crippen LogP contribution in [0.3, 0.4) is 0 Å². The number of nitrogens with one attached hydrogen (secondary N) is 2. The molecule has 1 aliphatic heterocycles. The lowest BCUT2D eigenvalue weighted by molar-refractivity contribution is 0.0698. The van der Waals surface area contributed by atoms with Crippen LogP contribution >= 0.6 is 23.2 Å². The van der Waals surface area contributed by atoms with Crippen molar-refractivity contribution in [3.05, 3.63) is 58.2 Å². The largest absolute Gasteiger partial charge is 0.478 e. The van der Waals surface area contributed by atoms with Crippen LogP contribution in [-0.2, 0) is 14.6 Å². The summed E-state index contributed by atoms with van der Waals surface area (Å²) in [5.74, 6) is -1.19. The zero-order valence-corrected chi connectivity index (χ0v) is 18.3. The van der Waals surface area contributed by atoms with Gasteiger partial charge < -0.3 is 20.5 Å². The minimum Gasteiger partial charge on any atom is -0.478 e. The van der Waals surface area contributed by atoms with E-state index >= 15 is 0 Å². The van der Waals surface area contributed by atoms with Gasteiger partial charge in [0.1, 0.15) is 4.90 Å². The molecule has 1 saturated heterocycles. The first-order valence-electron chi connectivity index (χ1n) is 9.22. The third-order valence-corrected chi connectivity index (χ3v) is 7.20. The van der Waals surface area contributed by atoms with Gasteiger partial charge in [0.25, 0.3) is 0 Å². The highest BCUT2D eigenvalue weighted by molar-refractivity contribution is 7.92. The molecule has 3 aromatic rings. The van der Waals surface area contributed by atoms with Gasteiger partial charge in [-0.3, -0.25) is 4.98 Å². The predicted molar refractivity (Wildman–Crippen MR) is 118 cm³/mol. The lowest BCUT2D eigenvalue weighted by Crippen LogP contribution is -2.43. The molecule has 0 spiro atoms. The number of nitrogens with zero attached hydrogens (tertiary/aromatic N) is 1. The van der Waals surface area contributed by atoms with Gasteiger partial charge in [0.05, 0.1) is 29.1 Å². The summed E-state index contributed by atoms with van der Waals surface area (Å²) in [6.07, 6.45) is 1.23. The maximum atomic E-state index is 13.4. The first-order valence-corrected chi connectivity index (χ1v) is 11.5. The zero-order chi connectivity index (χ0) is 22.2. The lowest BCUT2D eigenvalue weighted by Gasteiger charge is -2.25. The third kappa shape index (κ3) is 4.32. The Balaban J connectivity index is 1.94. The van der Waals surface area contributed by atoms with Crippen LogP contribution in [0.15, 0.2) is 47.5 Å². The lowest BCUT2D eigenvalue weighted by atomic mass is 10.1. The van der Waals surface area contributed by atoms with Crippen LogP contribution in [0, 0.1) is 0 Å². The second-order valence-electron chi connectivity index (χ2n) is 6.83.